The fourth-order valence-corrected chi connectivity index (χ4v) is 1.03. The van der Waals surface area contributed by atoms with Gasteiger partial charge >= 0.3 is 51.1 Å². The Morgan fingerprint density at radius 2 is 2.57 bits per heavy atom. The number of rotatable bonds is 1. The Morgan fingerprint density at radius 1 is 1.71 bits per heavy atom. The third kappa shape index (κ3) is 1.10. The van der Waals surface area contributed by atoms with Gasteiger partial charge in [0.2, 0.25) is 0 Å². The number of H-pyrrole nitrogens is 1. The zero-order valence-electron chi connectivity index (χ0n) is 4.02. The number of hydrogen-bond donors (Lipinski definition) is 1. The summed E-state index contributed by atoms with van der Waals surface area (Å²) in [5.74, 6) is 0. The van der Waals surface area contributed by atoms with Gasteiger partial charge in [0.15, 0.2) is 0 Å². The second kappa shape index (κ2) is 2.22. The molecule has 2 heteroatoms. The van der Waals surface area contributed by atoms with Gasteiger partial charge < -0.3 is 0 Å². The van der Waals surface area contributed by atoms with Crippen LogP contribution in [0.2, 0.25) is 0 Å². The predicted octanol–water partition coefficient (Wildman–Crippen LogP) is 0.148. The normalized spacial score (nSPS) is 9.29. The van der Waals surface area contributed by atoms with Crippen LogP contribution in [-0.4, -0.2) is 21.8 Å². The van der Waals surface area contributed by atoms with Crippen molar-refractivity contribution in [3.05, 3.63) is 24.0 Å². The van der Waals surface area contributed by atoms with Gasteiger partial charge in [0.05, 0.1) is 0 Å². The molecule has 1 nitrogen and oxygen atoms in total. The Balaban J connectivity index is 2.76. The SMILES string of the molecule is [AsH2]Cc1ccc[nH]1. The molecule has 0 spiro atoms. The summed E-state index contributed by atoms with van der Waals surface area (Å²) in [6.45, 7) is 0. The fourth-order valence-electron chi connectivity index (χ4n) is 0.494. The van der Waals surface area contributed by atoms with Crippen LogP contribution in [-0.2, 0) is 5.21 Å². The first-order chi connectivity index (χ1) is 3.43. The molecule has 0 fully saturated rings. The Labute approximate surface area is 51.6 Å². The fraction of sp³-hybridized carbons (Fsp3) is 0.200. The van der Waals surface area contributed by atoms with Crippen LogP contribution >= 0.6 is 0 Å². The van der Waals surface area contributed by atoms with E-state index in [1.165, 1.54) is 10.9 Å². The van der Waals surface area contributed by atoms with Gasteiger partial charge in [-0.05, 0) is 0 Å². The number of aromatic amines is 1. The zero-order chi connectivity index (χ0) is 5.11. The van der Waals surface area contributed by atoms with E-state index >= 15 is 0 Å². The van der Waals surface area contributed by atoms with Crippen molar-refractivity contribution in [1.29, 1.82) is 0 Å². The maximum atomic E-state index is 3.10. The van der Waals surface area contributed by atoms with Crippen LogP contribution in [0.5, 0.6) is 0 Å². The van der Waals surface area contributed by atoms with Crippen molar-refractivity contribution in [2.75, 3.05) is 0 Å². The van der Waals surface area contributed by atoms with Crippen LogP contribution in [0.4, 0.5) is 0 Å². The quantitative estimate of drug-likeness (QED) is 0.558. The Hall–Kier alpha value is -0.162. The summed E-state index contributed by atoms with van der Waals surface area (Å²) < 4.78 is 0. The molecule has 0 aromatic carbocycles. The molecular weight excluding hydrogens is 149 g/mol. The summed E-state index contributed by atoms with van der Waals surface area (Å²) in [6, 6.07) is 4.12. The topological polar surface area (TPSA) is 15.8 Å². The van der Waals surface area contributed by atoms with E-state index < -0.39 is 0 Å². The molecule has 1 N–H and O–H groups in total. The van der Waals surface area contributed by atoms with Gasteiger partial charge in [0.25, 0.3) is 0 Å². The third-order valence-corrected chi connectivity index (χ3v) is 1.81. The Kier molecular flexibility index (Phi) is 1.58. The number of hydrogen-bond acceptors (Lipinski definition) is 0. The van der Waals surface area contributed by atoms with Crippen molar-refractivity contribution >= 4 is 16.9 Å². The summed E-state index contributed by atoms with van der Waals surface area (Å²) in [6.07, 6.45) is 1.95. The molecule has 0 aliphatic carbocycles. The standard InChI is InChI=1S/C5H8AsN/c6-4-5-2-1-3-7-5/h1-3,7H,4,6H2. The van der Waals surface area contributed by atoms with Gasteiger partial charge in [-0.3, -0.25) is 0 Å². The number of aromatic nitrogens is 1. The van der Waals surface area contributed by atoms with Crippen LogP contribution in [0.15, 0.2) is 18.3 Å². The van der Waals surface area contributed by atoms with Crippen LogP contribution < -0.4 is 0 Å². The molecule has 38 valence electrons. The maximum absolute atomic E-state index is 3.10. The molecule has 0 bridgehead atoms. The molecule has 1 aromatic heterocycles. The number of nitrogens with one attached hydrogen (secondary N) is 1. The predicted molar refractivity (Wildman–Crippen MR) is 33.0 cm³/mol. The second-order valence-corrected chi connectivity index (χ2v) is 2.26. The molecule has 0 radical (unpaired) electrons. The first-order valence-electron chi connectivity index (χ1n) is 2.26. The molecule has 7 heavy (non-hydrogen) atoms. The zero-order valence-corrected chi connectivity index (χ0v) is 6.44. The monoisotopic (exact) mass is 157 g/mol. The van der Waals surface area contributed by atoms with Crippen molar-refractivity contribution in [3.8, 4) is 0 Å². The van der Waals surface area contributed by atoms with E-state index in [1.807, 2.05) is 12.3 Å². The van der Waals surface area contributed by atoms with Crippen molar-refractivity contribution < 1.29 is 0 Å². The van der Waals surface area contributed by atoms with Gasteiger partial charge in [0, 0.05) is 0 Å². The first-order valence-corrected chi connectivity index (χ1v) is 3.97. The molecule has 0 saturated carbocycles. The van der Waals surface area contributed by atoms with E-state index in [2.05, 4.69) is 11.1 Å². The van der Waals surface area contributed by atoms with Gasteiger partial charge in [-0.15, -0.1) is 0 Å². The van der Waals surface area contributed by atoms with E-state index in [0.717, 1.165) is 0 Å². The van der Waals surface area contributed by atoms with Gasteiger partial charge in [-0.1, -0.05) is 0 Å². The van der Waals surface area contributed by atoms with Crippen molar-refractivity contribution in [2.24, 2.45) is 0 Å². The van der Waals surface area contributed by atoms with Crippen molar-refractivity contribution in [3.63, 3.8) is 0 Å². The summed E-state index contributed by atoms with van der Waals surface area (Å²) in [5.41, 5.74) is 1.33. The van der Waals surface area contributed by atoms with Gasteiger partial charge in [-0.25, -0.2) is 0 Å². The summed E-state index contributed by atoms with van der Waals surface area (Å²) >= 11 is 1.74. The Bertz CT molecular complexity index is 123. The average molecular weight is 157 g/mol. The molecule has 1 atom stereocenters. The van der Waals surface area contributed by atoms with Crippen molar-refractivity contribution in [1.82, 2.24) is 4.98 Å². The molecular formula is C5H8AsN. The summed E-state index contributed by atoms with van der Waals surface area (Å²) in [5, 5.41) is 1.17. The van der Waals surface area contributed by atoms with E-state index in [9.17, 15) is 0 Å². The minimum absolute atomic E-state index is 1.17. The van der Waals surface area contributed by atoms with E-state index in [0.29, 0.717) is 0 Å². The van der Waals surface area contributed by atoms with Gasteiger partial charge in [-0.2, -0.15) is 0 Å². The van der Waals surface area contributed by atoms with Crippen LogP contribution in [0.25, 0.3) is 0 Å². The molecule has 0 aliphatic rings. The van der Waals surface area contributed by atoms with Crippen LogP contribution in [0.1, 0.15) is 5.69 Å². The van der Waals surface area contributed by atoms with Crippen LogP contribution in [0.3, 0.4) is 0 Å². The summed E-state index contributed by atoms with van der Waals surface area (Å²) in [7, 11) is 0. The average Bonchev–Trinajstić information content (AvgIpc) is 2.14. The third-order valence-electron chi connectivity index (χ3n) is 0.882. The first kappa shape index (κ1) is 4.98. The Morgan fingerprint density at radius 3 is 2.86 bits per heavy atom. The second-order valence-electron chi connectivity index (χ2n) is 1.40. The molecule has 0 saturated heterocycles. The molecule has 1 rings (SSSR count). The van der Waals surface area contributed by atoms with Crippen molar-refractivity contribution in [2.45, 2.75) is 5.21 Å². The minimum atomic E-state index is 1.17. The van der Waals surface area contributed by atoms with Gasteiger partial charge in [0.1, 0.15) is 0 Å². The molecule has 0 amide bonds. The molecule has 1 unspecified atom stereocenters. The molecule has 1 heterocycles. The molecule has 0 aliphatic heterocycles. The van der Waals surface area contributed by atoms with E-state index in [-0.39, 0.29) is 0 Å². The molecule has 1 aromatic rings. The van der Waals surface area contributed by atoms with E-state index in [1.54, 1.807) is 16.9 Å². The van der Waals surface area contributed by atoms with Crippen LogP contribution in [0, 0.1) is 0 Å². The summed E-state index contributed by atoms with van der Waals surface area (Å²) in [4.78, 5) is 3.10. The van der Waals surface area contributed by atoms with E-state index in [4.69, 9.17) is 0 Å².